The first-order valence-corrected chi connectivity index (χ1v) is 7.22. The van der Waals surface area contributed by atoms with Gasteiger partial charge in [0.05, 0.1) is 0 Å². The Morgan fingerprint density at radius 2 is 1.69 bits per heavy atom. The van der Waals surface area contributed by atoms with E-state index in [1.54, 1.807) is 6.42 Å². The molecule has 2 aliphatic carbocycles. The van der Waals surface area contributed by atoms with Crippen LogP contribution in [0.15, 0.2) is 0 Å². The lowest BCUT2D eigenvalue weighted by molar-refractivity contribution is -0.00482. The van der Waals surface area contributed by atoms with E-state index in [-0.39, 0.29) is 0 Å². The molecule has 1 saturated heterocycles. The van der Waals surface area contributed by atoms with Crippen LogP contribution >= 0.6 is 0 Å². The highest BCUT2D eigenvalue weighted by atomic mass is 15.2. The van der Waals surface area contributed by atoms with E-state index in [0.29, 0.717) is 5.54 Å². The molecule has 0 radical (unpaired) electrons. The van der Waals surface area contributed by atoms with E-state index in [0.717, 1.165) is 11.8 Å². The molecule has 2 unspecified atom stereocenters. The molecule has 3 rings (SSSR count). The first-order valence-electron chi connectivity index (χ1n) is 7.22. The number of fused-ring (bicyclic) bond motifs is 2. The minimum absolute atomic E-state index is 0.538. The molecule has 0 aromatic carbocycles. The van der Waals surface area contributed by atoms with E-state index in [2.05, 4.69) is 17.1 Å². The van der Waals surface area contributed by atoms with E-state index in [1.165, 1.54) is 58.3 Å². The Kier molecular flexibility index (Phi) is 2.97. The molecule has 3 aliphatic rings. The predicted molar refractivity (Wildman–Crippen MR) is 67.5 cm³/mol. The van der Waals surface area contributed by atoms with Gasteiger partial charge in [0.2, 0.25) is 0 Å². The van der Waals surface area contributed by atoms with Gasteiger partial charge in [-0.25, -0.2) is 0 Å². The van der Waals surface area contributed by atoms with Crippen LogP contribution in [0.25, 0.3) is 0 Å². The minimum Gasteiger partial charge on any atom is -0.314 e. The first-order chi connectivity index (χ1) is 7.76. The van der Waals surface area contributed by atoms with Gasteiger partial charge in [-0.1, -0.05) is 19.3 Å². The van der Waals surface area contributed by atoms with Crippen molar-refractivity contribution in [2.45, 2.75) is 51.0 Å². The Morgan fingerprint density at radius 3 is 2.31 bits per heavy atom. The van der Waals surface area contributed by atoms with Crippen LogP contribution in [-0.4, -0.2) is 36.6 Å². The third-order valence-corrected chi connectivity index (χ3v) is 5.23. The largest absolute Gasteiger partial charge is 0.314 e. The van der Waals surface area contributed by atoms with Crippen molar-refractivity contribution in [3.63, 3.8) is 0 Å². The summed E-state index contributed by atoms with van der Waals surface area (Å²) < 4.78 is 0. The molecule has 0 aromatic heterocycles. The lowest BCUT2D eigenvalue weighted by Gasteiger charge is -2.52. The van der Waals surface area contributed by atoms with Gasteiger partial charge in [-0.15, -0.1) is 0 Å². The summed E-state index contributed by atoms with van der Waals surface area (Å²) in [5, 5.41) is 3.48. The monoisotopic (exact) mass is 222 g/mol. The Labute approximate surface area is 99.8 Å². The number of piperazine rings is 1. The Balaban J connectivity index is 1.71. The summed E-state index contributed by atoms with van der Waals surface area (Å²) >= 11 is 0. The van der Waals surface area contributed by atoms with Crippen molar-refractivity contribution in [3.05, 3.63) is 0 Å². The third kappa shape index (κ3) is 2.02. The number of rotatable bonds is 1. The number of nitrogens with zero attached hydrogens (tertiary/aromatic N) is 1. The zero-order chi connectivity index (χ0) is 11.0. The molecule has 3 fully saturated rings. The van der Waals surface area contributed by atoms with Gasteiger partial charge in [-0.05, 0) is 38.0 Å². The smallest absolute Gasteiger partial charge is 0.0187 e. The molecule has 1 aliphatic heterocycles. The summed E-state index contributed by atoms with van der Waals surface area (Å²) in [6.45, 7) is 7.49. The number of nitrogens with one attached hydrogen (secondary N) is 1. The van der Waals surface area contributed by atoms with Gasteiger partial charge in [0.15, 0.2) is 0 Å². The van der Waals surface area contributed by atoms with Gasteiger partial charge in [-0.2, -0.15) is 0 Å². The van der Waals surface area contributed by atoms with Crippen molar-refractivity contribution in [2.24, 2.45) is 11.8 Å². The van der Waals surface area contributed by atoms with E-state index in [1.807, 2.05) is 0 Å². The molecule has 0 amide bonds. The van der Waals surface area contributed by atoms with Crippen LogP contribution in [0.4, 0.5) is 0 Å². The third-order valence-electron chi connectivity index (χ3n) is 5.23. The van der Waals surface area contributed by atoms with Gasteiger partial charge in [0.25, 0.3) is 0 Å². The van der Waals surface area contributed by atoms with Crippen LogP contribution in [0.3, 0.4) is 0 Å². The molecule has 0 spiro atoms. The van der Waals surface area contributed by atoms with Crippen LogP contribution in [0, 0.1) is 11.8 Å². The second-order valence-electron chi connectivity index (χ2n) is 6.54. The Hall–Kier alpha value is -0.0800. The van der Waals surface area contributed by atoms with Crippen LogP contribution in [0.1, 0.15) is 45.4 Å². The van der Waals surface area contributed by atoms with E-state index in [4.69, 9.17) is 0 Å². The summed E-state index contributed by atoms with van der Waals surface area (Å²) in [6.07, 6.45) is 9.03. The molecule has 2 atom stereocenters. The molecular weight excluding hydrogens is 196 g/mol. The Bertz CT molecular complexity index is 233. The zero-order valence-corrected chi connectivity index (χ0v) is 10.7. The molecule has 92 valence electrons. The SMILES string of the molecule is CC1(N2CCNCC2)CC2CCCC(C2)C1. The molecular formula is C14H26N2. The molecule has 2 bridgehead atoms. The van der Waals surface area contributed by atoms with E-state index < -0.39 is 0 Å². The molecule has 2 nitrogen and oxygen atoms in total. The fourth-order valence-corrected chi connectivity index (χ4v) is 4.56. The normalized spacial score (nSPS) is 45.6. The molecule has 1 heterocycles. The standard InChI is InChI=1S/C14H26N2/c1-14(16-7-5-15-6-8-16)10-12-3-2-4-13(9-12)11-14/h12-13,15H,2-11H2,1H3. The van der Waals surface area contributed by atoms with Gasteiger partial charge in [0.1, 0.15) is 0 Å². The highest BCUT2D eigenvalue weighted by Crippen LogP contribution is 2.46. The van der Waals surface area contributed by atoms with Gasteiger partial charge >= 0.3 is 0 Å². The summed E-state index contributed by atoms with van der Waals surface area (Å²) in [5.41, 5.74) is 0.538. The number of hydrogen-bond acceptors (Lipinski definition) is 2. The van der Waals surface area contributed by atoms with Crippen molar-refractivity contribution >= 4 is 0 Å². The summed E-state index contributed by atoms with van der Waals surface area (Å²) in [5.74, 6) is 2.10. The first kappa shape index (κ1) is 11.0. The maximum absolute atomic E-state index is 3.48. The lowest BCUT2D eigenvalue weighted by Crippen LogP contribution is -2.57. The zero-order valence-electron chi connectivity index (χ0n) is 10.7. The van der Waals surface area contributed by atoms with Crippen molar-refractivity contribution in [1.82, 2.24) is 10.2 Å². The van der Waals surface area contributed by atoms with Gasteiger partial charge in [-0.3, -0.25) is 4.90 Å². The molecule has 2 saturated carbocycles. The molecule has 1 N–H and O–H groups in total. The maximum atomic E-state index is 3.48. The second-order valence-corrected chi connectivity index (χ2v) is 6.54. The second kappa shape index (κ2) is 4.30. The predicted octanol–water partition coefficient (Wildman–Crippen LogP) is 2.25. The molecule has 2 heteroatoms. The van der Waals surface area contributed by atoms with Crippen molar-refractivity contribution < 1.29 is 0 Å². The maximum Gasteiger partial charge on any atom is 0.0187 e. The summed E-state index contributed by atoms with van der Waals surface area (Å²) in [7, 11) is 0. The van der Waals surface area contributed by atoms with Crippen molar-refractivity contribution in [1.29, 1.82) is 0 Å². The van der Waals surface area contributed by atoms with Gasteiger partial charge in [0, 0.05) is 31.7 Å². The lowest BCUT2D eigenvalue weighted by atomic mass is 9.64. The highest BCUT2D eigenvalue weighted by molar-refractivity contribution is 4.97. The highest BCUT2D eigenvalue weighted by Gasteiger charge is 2.42. The van der Waals surface area contributed by atoms with Gasteiger partial charge < -0.3 is 5.32 Å². The van der Waals surface area contributed by atoms with Crippen LogP contribution in [-0.2, 0) is 0 Å². The quantitative estimate of drug-likeness (QED) is 0.732. The summed E-state index contributed by atoms with van der Waals surface area (Å²) in [6, 6.07) is 0. The molecule has 16 heavy (non-hydrogen) atoms. The number of hydrogen-bond donors (Lipinski definition) is 1. The molecule has 0 aromatic rings. The minimum atomic E-state index is 0.538. The van der Waals surface area contributed by atoms with Crippen molar-refractivity contribution in [2.75, 3.05) is 26.2 Å². The average molecular weight is 222 g/mol. The fourth-order valence-electron chi connectivity index (χ4n) is 4.56. The topological polar surface area (TPSA) is 15.3 Å². The Morgan fingerprint density at radius 1 is 1.06 bits per heavy atom. The van der Waals surface area contributed by atoms with Crippen LogP contribution in [0.2, 0.25) is 0 Å². The van der Waals surface area contributed by atoms with E-state index in [9.17, 15) is 0 Å². The van der Waals surface area contributed by atoms with E-state index >= 15 is 0 Å². The van der Waals surface area contributed by atoms with Crippen molar-refractivity contribution in [3.8, 4) is 0 Å². The average Bonchev–Trinajstić information content (AvgIpc) is 2.29. The van der Waals surface area contributed by atoms with Crippen LogP contribution < -0.4 is 5.32 Å². The summed E-state index contributed by atoms with van der Waals surface area (Å²) in [4.78, 5) is 2.79. The van der Waals surface area contributed by atoms with Crippen LogP contribution in [0.5, 0.6) is 0 Å². The fraction of sp³-hybridized carbons (Fsp3) is 1.00.